The molecular formula is C17H10F3N. The summed E-state index contributed by atoms with van der Waals surface area (Å²) >= 11 is 0. The fraction of sp³-hybridized carbons (Fsp3) is 0. The molecule has 1 aromatic heterocycles. The van der Waals surface area contributed by atoms with E-state index in [-0.39, 0.29) is 22.8 Å². The van der Waals surface area contributed by atoms with Gasteiger partial charge >= 0.3 is 0 Å². The largest absolute Gasteiger partial charge is 0.263 e. The summed E-state index contributed by atoms with van der Waals surface area (Å²) < 4.78 is 40.5. The van der Waals surface area contributed by atoms with Crippen molar-refractivity contribution >= 4 is 0 Å². The van der Waals surface area contributed by atoms with Crippen molar-refractivity contribution in [3.05, 3.63) is 78.4 Å². The standard InChI is InChI=1S/C17H10F3N/c18-13-5-1-11(2-6-13)15-9-21-10-16(17(15)20)12-3-7-14(19)8-4-12/h1-10H. The first-order valence-corrected chi connectivity index (χ1v) is 6.30. The van der Waals surface area contributed by atoms with Crippen molar-refractivity contribution in [3.63, 3.8) is 0 Å². The fourth-order valence-electron chi connectivity index (χ4n) is 2.11. The lowest BCUT2D eigenvalue weighted by atomic mass is 10.0. The molecule has 4 heteroatoms. The van der Waals surface area contributed by atoms with Crippen molar-refractivity contribution in [3.8, 4) is 22.3 Å². The van der Waals surface area contributed by atoms with Crippen LogP contribution in [0.2, 0.25) is 0 Å². The van der Waals surface area contributed by atoms with Gasteiger partial charge in [-0.1, -0.05) is 24.3 Å². The molecule has 0 fully saturated rings. The molecule has 0 bridgehead atoms. The van der Waals surface area contributed by atoms with E-state index < -0.39 is 5.82 Å². The highest BCUT2D eigenvalue weighted by Crippen LogP contribution is 2.30. The Balaban J connectivity index is 2.10. The summed E-state index contributed by atoms with van der Waals surface area (Å²) in [5, 5.41) is 0. The second-order valence-corrected chi connectivity index (χ2v) is 4.56. The predicted molar refractivity (Wildman–Crippen MR) is 75.0 cm³/mol. The molecule has 0 atom stereocenters. The molecule has 0 aliphatic carbocycles. The van der Waals surface area contributed by atoms with Crippen molar-refractivity contribution < 1.29 is 13.2 Å². The maximum absolute atomic E-state index is 14.6. The van der Waals surface area contributed by atoms with E-state index in [9.17, 15) is 13.2 Å². The van der Waals surface area contributed by atoms with Gasteiger partial charge in [0, 0.05) is 23.5 Å². The summed E-state index contributed by atoms with van der Waals surface area (Å²) in [5.74, 6) is -1.24. The molecule has 21 heavy (non-hydrogen) atoms. The third-order valence-electron chi connectivity index (χ3n) is 3.19. The maximum Gasteiger partial charge on any atom is 0.141 e. The van der Waals surface area contributed by atoms with E-state index in [4.69, 9.17) is 0 Å². The number of benzene rings is 2. The second kappa shape index (κ2) is 5.40. The summed E-state index contributed by atoms with van der Waals surface area (Å²) in [7, 11) is 0. The van der Waals surface area contributed by atoms with E-state index in [2.05, 4.69) is 4.98 Å². The van der Waals surface area contributed by atoms with E-state index >= 15 is 0 Å². The van der Waals surface area contributed by atoms with Crippen LogP contribution in [-0.2, 0) is 0 Å². The molecule has 1 heterocycles. The fourth-order valence-corrected chi connectivity index (χ4v) is 2.11. The van der Waals surface area contributed by atoms with Crippen molar-refractivity contribution in [2.45, 2.75) is 0 Å². The number of rotatable bonds is 2. The summed E-state index contributed by atoms with van der Waals surface area (Å²) in [5.41, 5.74) is 1.62. The molecule has 0 N–H and O–H groups in total. The summed E-state index contributed by atoms with van der Waals surface area (Å²) in [6, 6.07) is 11.0. The molecule has 0 spiro atoms. The molecule has 0 saturated heterocycles. The topological polar surface area (TPSA) is 12.9 Å². The van der Waals surface area contributed by atoms with Gasteiger partial charge in [0.05, 0.1) is 0 Å². The predicted octanol–water partition coefficient (Wildman–Crippen LogP) is 4.83. The molecule has 3 aromatic rings. The lowest BCUT2D eigenvalue weighted by Crippen LogP contribution is -1.92. The zero-order valence-electron chi connectivity index (χ0n) is 10.9. The van der Waals surface area contributed by atoms with Gasteiger partial charge in [-0.25, -0.2) is 13.2 Å². The van der Waals surface area contributed by atoms with Crippen LogP contribution in [0.15, 0.2) is 60.9 Å². The Morgan fingerprint density at radius 1 is 0.571 bits per heavy atom. The van der Waals surface area contributed by atoms with Gasteiger partial charge in [-0.2, -0.15) is 0 Å². The van der Waals surface area contributed by atoms with Gasteiger partial charge in [-0.3, -0.25) is 4.98 Å². The van der Waals surface area contributed by atoms with Gasteiger partial charge in [0.2, 0.25) is 0 Å². The first-order chi connectivity index (χ1) is 10.1. The van der Waals surface area contributed by atoms with Gasteiger partial charge in [0.1, 0.15) is 17.5 Å². The van der Waals surface area contributed by atoms with Gasteiger partial charge in [0.25, 0.3) is 0 Å². The van der Waals surface area contributed by atoms with Gasteiger partial charge in [-0.15, -0.1) is 0 Å². The Morgan fingerprint density at radius 3 is 1.33 bits per heavy atom. The minimum Gasteiger partial charge on any atom is -0.263 e. The Hall–Kier alpha value is -2.62. The average molecular weight is 285 g/mol. The molecule has 0 amide bonds. The van der Waals surface area contributed by atoms with Crippen LogP contribution in [-0.4, -0.2) is 4.98 Å². The number of aromatic nitrogens is 1. The number of nitrogens with zero attached hydrogens (tertiary/aromatic N) is 1. The van der Waals surface area contributed by atoms with E-state index in [1.54, 1.807) is 0 Å². The zero-order valence-corrected chi connectivity index (χ0v) is 10.9. The van der Waals surface area contributed by atoms with Crippen LogP contribution in [0.25, 0.3) is 22.3 Å². The monoisotopic (exact) mass is 285 g/mol. The van der Waals surface area contributed by atoms with Crippen LogP contribution < -0.4 is 0 Å². The Bertz CT molecular complexity index is 701. The lowest BCUT2D eigenvalue weighted by molar-refractivity contribution is 0.625. The minimum atomic E-state index is -0.469. The number of hydrogen-bond acceptors (Lipinski definition) is 1. The Morgan fingerprint density at radius 2 is 0.952 bits per heavy atom. The van der Waals surface area contributed by atoms with E-state index in [1.807, 2.05) is 0 Å². The summed E-state index contributed by atoms with van der Waals surface area (Å²) in [6.07, 6.45) is 2.77. The quantitative estimate of drug-likeness (QED) is 0.657. The zero-order chi connectivity index (χ0) is 14.8. The Kier molecular flexibility index (Phi) is 3.44. The van der Waals surface area contributed by atoms with Crippen molar-refractivity contribution in [2.75, 3.05) is 0 Å². The normalized spacial score (nSPS) is 10.6. The molecule has 3 rings (SSSR count). The highest BCUT2D eigenvalue weighted by Gasteiger charge is 2.12. The van der Waals surface area contributed by atoms with Crippen LogP contribution >= 0.6 is 0 Å². The molecule has 1 nitrogen and oxygen atoms in total. The van der Waals surface area contributed by atoms with E-state index in [0.29, 0.717) is 11.1 Å². The van der Waals surface area contributed by atoms with E-state index in [1.165, 1.54) is 60.9 Å². The minimum absolute atomic E-state index is 0.275. The molecule has 0 aliphatic rings. The summed E-state index contributed by atoms with van der Waals surface area (Å²) in [4.78, 5) is 4.02. The number of pyridine rings is 1. The molecule has 0 radical (unpaired) electrons. The van der Waals surface area contributed by atoms with Crippen LogP contribution in [0.4, 0.5) is 13.2 Å². The summed E-state index contributed by atoms with van der Waals surface area (Å²) in [6.45, 7) is 0. The number of hydrogen-bond donors (Lipinski definition) is 0. The van der Waals surface area contributed by atoms with Crippen LogP contribution in [0, 0.1) is 17.5 Å². The molecule has 0 unspecified atom stereocenters. The SMILES string of the molecule is Fc1ccc(-c2cncc(-c3ccc(F)cc3)c2F)cc1. The van der Waals surface area contributed by atoms with E-state index in [0.717, 1.165) is 0 Å². The smallest absolute Gasteiger partial charge is 0.141 e. The lowest BCUT2D eigenvalue weighted by Gasteiger charge is -2.08. The maximum atomic E-state index is 14.6. The average Bonchev–Trinajstić information content (AvgIpc) is 2.50. The molecule has 0 aliphatic heterocycles. The van der Waals surface area contributed by atoms with Crippen molar-refractivity contribution in [1.82, 2.24) is 4.98 Å². The third-order valence-corrected chi connectivity index (χ3v) is 3.19. The Labute approximate surface area is 119 Å². The second-order valence-electron chi connectivity index (χ2n) is 4.56. The van der Waals surface area contributed by atoms with Gasteiger partial charge < -0.3 is 0 Å². The van der Waals surface area contributed by atoms with Crippen LogP contribution in [0.5, 0.6) is 0 Å². The van der Waals surface area contributed by atoms with Gasteiger partial charge in [0.15, 0.2) is 0 Å². The highest BCUT2D eigenvalue weighted by atomic mass is 19.1. The first-order valence-electron chi connectivity index (χ1n) is 6.30. The molecular weight excluding hydrogens is 275 g/mol. The number of halogens is 3. The molecule has 2 aromatic carbocycles. The third kappa shape index (κ3) is 2.65. The van der Waals surface area contributed by atoms with Crippen LogP contribution in [0.3, 0.4) is 0 Å². The van der Waals surface area contributed by atoms with Crippen molar-refractivity contribution in [1.29, 1.82) is 0 Å². The van der Waals surface area contributed by atoms with Gasteiger partial charge in [-0.05, 0) is 35.4 Å². The highest BCUT2D eigenvalue weighted by molar-refractivity contribution is 5.72. The van der Waals surface area contributed by atoms with Crippen molar-refractivity contribution in [2.24, 2.45) is 0 Å². The molecule has 0 saturated carbocycles. The first kappa shape index (κ1) is 13.4. The van der Waals surface area contributed by atoms with Crippen LogP contribution in [0.1, 0.15) is 0 Å². The molecule has 104 valence electrons.